The van der Waals surface area contributed by atoms with E-state index in [1.165, 1.54) is 0 Å². The maximum absolute atomic E-state index is 9.29. The van der Waals surface area contributed by atoms with Crippen molar-refractivity contribution in [2.45, 2.75) is 0 Å². The average molecular weight is 321 g/mol. The number of aromatic hydroxyl groups is 1. The third-order valence-electron chi connectivity index (χ3n) is 1.74. The molecule has 1 N–H and O–H groups in total. The van der Waals surface area contributed by atoms with Crippen LogP contribution in [0.3, 0.4) is 0 Å². The van der Waals surface area contributed by atoms with Crippen LogP contribution in [0.5, 0.6) is 5.88 Å². The number of hydrogen-bond donors (Lipinski definition) is 1. The van der Waals surface area contributed by atoms with Crippen molar-refractivity contribution in [3.8, 4) is 11.6 Å². The van der Waals surface area contributed by atoms with E-state index in [1.54, 1.807) is 23.0 Å². The molecule has 0 aliphatic rings. The van der Waals surface area contributed by atoms with Crippen molar-refractivity contribution in [2.24, 2.45) is 0 Å². The Morgan fingerprint density at radius 3 is 2.43 bits per heavy atom. The van der Waals surface area contributed by atoms with Crippen molar-refractivity contribution >= 4 is 34.2 Å². The smallest absolute Gasteiger partial charge is 0.244 e. The fourth-order valence-electron chi connectivity index (χ4n) is 1.07. The molecule has 0 spiro atoms. The van der Waals surface area contributed by atoms with Crippen LogP contribution in [0, 0.1) is 3.57 Å². The summed E-state index contributed by atoms with van der Waals surface area (Å²) >= 11 is 7.77. The van der Waals surface area contributed by atoms with E-state index < -0.39 is 0 Å². The minimum Gasteiger partial charge on any atom is -0.491 e. The second kappa shape index (κ2) is 3.78. The number of rotatable bonds is 1. The third kappa shape index (κ3) is 1.85. The van der Waals surface area contributed by atoms with Crippen LogP contribution in [0.1, 0.15) is 0 Å². The summed E-state index contributed by atoms with van der Waals surface area (Å²) in [6.45, 7) is 0. The molecule has 1 aromatic carbocycles. The molecule has 14 heavy (non-hydrogen) atoms. The molecule has 1 heterocycles. The van der Waals surface area contributed by atoms with E-state index in [0.717, 1.165) is 9.26 Å². The van der Waals surface area contributed by atoms with Crippen molar-refractivity contribution in [1.82, 2.24) is 9.78 Å². The topological polar surface area (TPSA) is 38.1 Å². The van der Waals surface area contributed by atoms with Gasteiger partial charge in [-0.05, 0) is 46.9 Å². The number of halogens is 2. The molecule has 0 saturated heterocycles. The van der Waals surface area contributed by atoms with E-state index in [2.05, 4.69) is 5.10 Å². The van der Waals surface area contributed by atoms with Crippen LogP contribution in [-0.4, -0.2) is 14.9 Å². The standard InChI is InChI=1S/C9H6ClIN2O/c10-6-1-3-7(4-2-6)13-5-8(11)9(14)12-13/h1-5H,(H,12,14). The van der Waals surface area contributed by atoms with E-state index in [0.29, 0.717) is 5.02 Å². The zero-order valence-electron chi connectivity index (χ0n) is 6.98. The molecule has 0 amide bonds. The minimum atomic E-state index is 0.0422. The summed E-state index contributed by atoms with van der Waals surface area (Å²) in [7, 11) is 0. The summed E-state index contributed by atoms with van der Waals surface area (Å²) in [5, 5.41) is 13.9. The Labute approximate surface area is 99.5 Å². The first-order chi connectivity index (χ1) is 6.66. The van der Waals surface area contributed by atoms with Gasteiger partial charge in [-0.3, -0.25) is 0 Å². The lowest BCUT2D eigenvalue weighted by Gasteiger charge is -1.99. The Balaban J connectivity index is 2.44. The van der Waals surface area contributed by atoms with Crippen molar-refractivity contribution < 1.29 is 5.11 Å². The molecule has 0 radical (unpaired) electrons. The third-order valence-corrected chi connectivity index (χ3v) is 2.76. The number of aromatic nitrogens is 2. The first kappa shape index (κ1) is 9.79. The van der Waals surface area contributed by atoms with Gasteiger partial charge >= 0.3 is 0 Å². The normalized spacial score (nSPS) is 10.4. The van der Waals surface area contributed by atoms with Crippen LogP contribution in [0.25, 0.3) is 5.69 Å². The Bertz CT molecular complexity index is 433. The van der Waals surface area contributed by atoms with E-state index in [1.807, 2.05) is 34.7 Å². The Hall–Kier alpha value is -0.750. The quantitative estimate of drug-likeness (QED) is 0.821. The summed E-state index contributed by atoms with van der Waals surface area (Å²) in [5.74, 6) is 0.0422. The largest absolute Gasteiger partial charge is 0.491 e. The lowest BCUT2D eigenvalue weighted by atomic mass is 10.3. The van der Waals surface area contributed by atoms with Gasteiger partial charge in [0, 0.05) is 11.2 Å². The van der Waals surface area contributed by atoms with Gasteiger partial charge in [0.2, 0.25) is 5.88 Å². The predicted octanol–water partition coefficient (Wildman–Crippen LogP) is 2.84. The van der Waals surface area contributed by atoms with Gasteiger partial charge in [-0.1, -0.05) is 11.6 Å². The van der Waals surface area contributed by atoms with Gasteiger partial charge in [-0.15, -0.1) is 5.10 Å². The van der Waals surface area contributed by atoms with Crippen molar-refractivity contribution in [3.63, 3.8) is 0 Å². The fourth-order valence-corrected chi connectivity index (χ4v) is 1.57. The maximum atomic E-state index is 9.29. The fraction of sp³-hybridized carbons (Fsp3) is 0. The Morgan fingerprint density at radius 2 is 1.93 bits per heavy atom. The van der Waals surface area contributed by atoms with Crippen LogP contribution in [0.2, 0.25) is 5.02 Å². The zero-order chi connectivity index (χ0) is 10.1. The van der Waals surface area contributed by atoms with Gasteiger partial charge in [-0.25, -0.2) is 4.68 Å². The minimum absolute atomic E-state index is 0.0422. The molecule has 2 rings (SSSR count). The number of nitrogens with zero attached hydrogens (tertiary/aromatic N) is 2. The van der Waals surface area contributed by atoms with Gasteiger partial charge in [0.05, 0.1) is 9.26 Å². The van der Waals surface area contributed by atoms with Gasteiger partial charge < -0.3 is 5.11 Å². The summed E-state index contributed by atoms with van der Waals surface area (Å²) in [6, 6.07) is 7.24. The first-order valence-electron chi connectivity index (χ1n) is 3.87. The molecule has 0 fully saturated rings. The molecule has 0 atom stereocenters. The van der Waals surface area contributed by atoms with Gasteiger partial charge in [-0.2, -0.15) is 0 Å². The second-order valence-corrected chi connectivity index (χ2v) is 4.32. The number of hydrogen-bond acceptors (Lipinski definition) is 2. The SMILES string of the molecule is Oc1nn(-c2ccc(Cl)cc2)cc1I. The molecule has 0 aliphatic carbocycles. The first-order valence-corrected chi connectivity index (χ1v) is 5.32. The van der Waals surface area contributed by atoms with Crippen LogP contribution in [-0.2, 0) is 0 Å². The van der Waals surface area contributed by atoms with E-state index >= 15 is 0 Å². The number of benzene rings is 1. The average Bonchev–Trinajstić information content (AvgIpc) is 2.48. The molecular weight excluding hydrogens is 314 g/mol. The van der Waals surface area contributed by atoms with Gasteiger partial charge in [0.25, 0.3) is 0 Å². The summed E-state index contributed by atoms with van der Waals surface area (Å²) in [5.41, 5.74) is 0.868. The van der Waals surface area contributed by atoms with Gasteiger partial charge in [0.1, 0.15) is 0 Å². The molecule has 0 aliphatic heterocycles. The summed E-state index contributed by atoms with van der Waals surface area (Å²) in [4.78, 5) is 0. The van der Waals surface area contributed by atoms with Crippen molar-refractivity contribution in [1.29, 1.82) is 0 Å². The highest BCUT2D eigenvalue weighted by Crippen LogP contribution is 2.19. The Morgan fingerprint density at radius 1 is 1.29 bits per heavy atom. The van der Waals surface area contributed by atoms with Gasteiger partial charge in [0.15, 0.2) is 0 Å². The Kier molecular flexibility index (Phi) is 2.64. The summed E-state index contributed by atoms with van der Waals surface area (Å²) in [6.07, 6.45) is 1.75. The van der Waals surface area contributed by atoms with E-state index in [-0.39, 0.29) is 5.88 Å². The molecule has 2 aromatic rings. The molecule has 5 heteroatoms. The lowest BCUT2D eigenvalue weighted by Crippen LogP contribution is -1.92. The van der Waals surface area contributed by atoms with Crippen LogP contribution in [0.4, 0.5) is 0 Å². The molecule has 3 nitrogen and oxygen atoms in total. The van der Waals surface area contributed by atoms with Crippen molar-refractivity contribution in [2.75, 3.05) is 0 Å². The van der Waals surface area contributed by atoms with Crippen LogP contribution in [0.15, 0.2) is 30.5 Å². The van der Waals surface area contributed by atoms with E-state index in [9.17, 15) is 5.11 Å². The van der Waals surface area contributed by atoms with Crippen LogP contribution >= 0.6 is 34.2 Å². The molecule has 72 valence electrons. The molecule has 1 aromatic heterocycles. The highest BCUT2D eigenvalue weighted by atomic mass is 127. The zero-order valence-corrected chi connectivity index (χ0v) is 9.90. The highest BCUT2D eigenvalue weighted by Gasteiger charge is 2.04. The van der Waals surface area contributed by atoms with Crippen molar-refractivity contribution in [3.05, 3.63) is 39.1 Å². The molecule has 0 unspecified atom stereocenters. The molecule has 0 bridgehead atoms. The highest BCUT2D eigenvalue weighted by molar-refractivity contribution is 14.1. The maximum Gasteiger partial charge on any atom is 0.244 e. The summed E-state index contributed by atoms with van der Waals surface area (Å²) < 4.78 is 2.32. The predicted molar refractivity (Wildman–Crippen MR) is 63.0 cm³/mol. The van der Waals surface area contributed by atoms with E-state index in [4.69, 9.17) is 11.6 Å². The molecular formula is C9H6ClIN2O. The lowest BCUT2D eigenvalue weighted by molar-refractivity contribution is 0.445. The second-order valence-electron chi connectivity index (χ2n) is 2.72. The van der Waals surface area contributed by atoms with Crippen LogP contribution < -0.4 is 0 Å². The monoisotopic (exact) mass is 320 g/mol. The molecule has 0 saturated carbocycles.